The van der Waals surface area contributed by atoms with E-state index in [2.05, 4.69) is 0 Å². The normalized spacial score (nSPS) is 11.3. The highest BCUT2D eigenvalue weighted by molar-refractivity contribution is 6.32. The van der Waals surface area contributed by atoms with E-state index in [1.54, 1.807) is 24.3 Å². The van der Waals surface area contributed by atoms with E-state index in [0.717, 1.165) is 0 Å². The quantitative estimate of drug-likeness (QED) is 0.628. The highest BCUT2D eigenvalue weighted by Crippen LogP contribution is 2.24. The van der Waals surface area contributed by atoms with Gasteiger partial charge in [0.25, 0.3) is 5.91 Å². The van der Waals surface area contributed by atoms with Crippen molar-refractivity contribution in [3.63, 3.8) is 0 Å². The maximum atomic E-state index is 11.2. The molecule has 0 fully saturated rings. The summed E-state index contributed by atoms with van der Waals surface area (Å²) in [5, 5.41) is 10.7. The molecule has 0 spiro atoms. The molecule has 0 bridgehead atoms. The summed E-state index contributed by atoms with van der Waals surface area (Å²) in [5.41, 5.74) is 0. The summed E-state index contributed by atoms with van der Waals surface area (Å²) < 4.78 is 5.26. The minimum Gasteiger partial charge on any atom is -0.479 e. The number of nitrogens with zero attached hydrogens (tertiary/aromatic N) is 1. The number of halogens is 1. The van der Waals surface area contributed by atoms with E-state index < -0.39 is 12.0 Å². The van der Waals surface area contributed by atoms with Crippen molar-refractivity contribution in [2.45, 2.75) is 13.0 Å². The Balaban J connectivity index is 2.67. The average Bonchev–Trinajstić information content (AvgIpc) is 2.21. The average molecular weight is 225 g/mol. The Hall–Kier alpha value is -1.73. The van der Waals surface area contributed by atoms with Crippen molar-refractivity contribution in [1.29, 1.82) is 5.26 Å². The number of amides is 1. The van der Waals surface area contributed by atoms with Crippen LogP contribution >= 0.6 is 11.6 Å². The largest absolute Gasteiger partial charge is 0.479 e. The molecule has 0 saturated carbocycles. The number of hydrogen-bond donors (Lipinski definition) is 1. The highest BCUT2D eigenvalue weighted by Gasteiger charge is 2.14. The van der Waals surface area contributed by atoms with Gasteiger partial charge in [0, 0.05) is 0 Å². The summed E-state index contributed by atoms with van der Waals surface area (Å²) in [6.45, 7) is 1.54. The molecule has 1 rings (SSSR count). The third-order valence-corrected chi connectivity index (χ3v) is 2.00. The molecule has 0 heterocycles. The van der Waals surface area contributed by atoms with E-state index in [1.165, 1.54) is 13.1 Å². The molecule has 1 unspecified atom stereocenters. The van der Waals surface area contributed by atoms with E-state index >= 15 is 0 Å². The molecular weight excluding hydrogens is 216 g/mol. The molecule has 0 aromatic heterocycles. The molecule has 0 aliphatic heterocycles. The van der Waals surface area contributed by atoms with Gasteiger partial charge < -0.3 is 4.74 Å². The van der Waals surface area contributed by atoms with Gasteiger partial charge in [0.2, 0.25) is 0 Å². The van der Waals surface area contributed by atoms with Crippen LogP contribution in [0, 0.1) is 11.5 Å². The minimum absolute atomic E-state index is 0.416. The first-order valence-corrected chi connectivity index (χ1v) is 4.63. The molecule has 15 heavy (non-hydrogen) atoms. The van der Waals surface area contributed by atoms with E-state index in [-0.39, 0.29) is 0 Å². The standard InChI is InChI=1S/C10H9ClN2O2/c1-7(10(14)13-6-12)15-9-5-3-2-4-8(9)11/h2-5,7H,1H3,(H,13,14). The predicted molar refractivity (Wildman–Crippen MR) is 55.3 cm³/mol. The van der Waals surface area contributed by atoms with Crippen LogP contribution in [0.5, 0.6) is 5.75 Å². The lowest BCUT2D eigenvalue weighted by atomic mass is 10.3. The first-order valence-electron chi connectivity index (χ1n) is 4.25. The van der Waals surface area contributed by atoms with Gasteiger partial charge in [0.05, 0.1) is 5.02 Å². The van der Waals surface area contributed by atoms with E-state index in [1.807, 2.05) is 5.32 Å². The molecule has 4 nitrogen and oxygen atoms in total. The first kappa shape index (κ1) is 11.3. The number of rotatable bonds is 3. The second-order valence-corrected chi connectivity index (χ2v) is 3.20. The van der Waals surface area contributed by atoms with Gasteiger partial charge >= 0.3 is 0 Å². The van der Waals surface area contributed by atoms with Gasteiger partial charge in [-0.15, -0.1) is 0 Å². The van der Waals surface area contributed by atoms with Crippen molar-refractivity contribution >= 4 is 17.5 Å². The second-order valence-electron chi connectivity index (χ2n) is 2.79. The number of hydrogen-bond acceptors (Lipinski definition) is 3. The molecular formula is C10H9ClN2O2. The second kappa shape index (κ2) is 5.23. The van der Waals surface area contributed by atoms with Gasteiger partial charge in [-0.1, -0.05) is 23.7 Å². The zero-order valence-electron chi connectivity index (χ0n) is 8.03. The van der Waals surface area contributed by atoms with Crippen LogP contribution in [0.2, 0.25) is 5.02 Å². The summed E-state index contributed by atoms with van der Waals surface area (Å²) in [6.07, 6.45) is 0.777. The van der Waals surface area contributed by atoms with Crippen molar-refractivity contribution < 1.29 is 9.53 Å². The van der Waals surface area contributed by atoms with Crippen LogP contribution in [-0.2, 0) is 4.79 Å². The Morgan fingerprint density at radius 1 is 1.60 bits per heavy atom. The van der Waals surface area contributed by atoms with Gasteiger partial charge in [0.1, 0.15) is 5.75 Å². The fourth-order valence-corrected chi connectivity index (χ4v) is 1.12. The molecule has 78 valence electrons. The number of carbonyl (C=O) groups is 1. The maximum absolute atomic E-state index is 11.2. The van der Waals surface area contributed by atoms with Crippen LogP contribution in [0.15, 0.2) is 24.3 Å². The Kier molecular flexibility index (Phi) is 3.95. The van der Waals surface area contributed by atoms with Crippen LogP contribution < -0.4 is 10.1 Å². The Morgan fingerprint density at radius 2 is 2.27 bits per heavy atom. The monoisotopic (exact) mass is 224 g/mol. The van der Waals surface area contributed by atoms with E-state index in [9.17, 15) is 4.79 Å². The Morgan fingerprint density at radius 3 is 2.87 bits per heavy atom. The smallest absolute Gasteiger partial charge is 0.273 e. The summed E-state index contributed by atoms with van der Waals surface area (Å²) in [4.78, 5) is 11.2. The van der Waals surface area contributed by atoms with Gasteiger partial charge in [-0.05, 0) is 19.1 Å². The maximum Gasteiger partial charge on any atom is 0.273 e. The van der Waals surface area contributed by atoms with Gasteiger partial charge in [-0.2, -0.15) is 5.26 Å². The van der Waals surface area contributed by atoms with Crippen molar-refractivity contribution in [3.05, 3.63) is 29.3 Å². The molecule has 5 heteroatoms. The molecule has 0 radical (unpaired) electrons. The summed E-state index contributed by atoms with van der Waals surface area (Å²) in [6, 6.07) is 6.82. The summed E-state index contributed by atoms with van der Waals surface area (Å²) >= 11 is 5.83. The van der Waals surface area contributed by atoms with E-state index in [4.69, 9.17) is 21.6 Å². The predicted octanol–water partition coefficient (Wildman–Crippen LogP) is 1.70. The fraction of sp³-hybridized carbons (Fsp3) is 0.200. The SMILES string of the molecule is CC(Oc1ccccc1Cl)C(=O)NC#N. The molecule has 1 aromatic carbocycles. The van der Waals surface area contributed by atoms with Crippen LogP contribution in [-0.4, -0.2) is 12.0 Å². The molecule has 1 atom stereocenters. The lowest BCUT2D eigenvalue weighted by Gasteiger charge is -2.12. The van der Waals surface area contributed by atoms with Crippen molar-refractivity contribution in [2.24, 2.45) is 0 Å². The summed E-state index contributed by atoms with van der Waals surface area (Å²) in [5.74, 6) is -0.0859. The Labute approximate surface area is 92.4 Å². The first-order chi connectivity index (χ1) is 7.15. The molecule has 0 aliphatic carbocycles. The third-order valence-electron chi connectivity index (χ3n) is 1.69. The van der Waals surface area contributed by atoms with Gasteiger partial charge in [-0.25, -0.2) is 0 Å². The highest BCUT2D eigenvalue weighted by atomic mass is 35.5. The number of nitrogens with one attached hydrogen (secondary N) is 1. The minimum atomic E-state index is -0.760. The third kappa shape index (κ3) is 3.15. The van der Waals surface area contributed by atoms with Crippen LogP contribution in [0.3, 0.4) is 0 Å². The summed E-state index contributed by atoms with van der Waals surface area (Å²) in [7, 11) is 0. The van der Waals surface area contributed by atoms with Crippen molar-refractivity contribution in [3.8, 4) is 11.9 Å². The molecule has 1 aromatic rings. The van der Waals surface area contributed by atoms with Crippen molar-refractivity contribution in [1.82, 2.24) is 5.32 Å². The number of carbonyl (C=O) groups excluding carboxylic acids is 1. The molecule has 1 N–H and O–H groups in total. The van der Waals surface area contributed by atoms with Gasteiger partial charge in [-0.3, -0.25) is 10.1 Å². The van der Waals surface area contributed by atoms with E-state index in [0.29, 0.717) is 10.8 Å². The topological polar surface area (TPSA) is 62.1 Å². The van der Waals surface area contributed by atoms with Crippen LogP contribution in [0.4, 0.5) is 0 Å². The Bertz CT molecular complexity index is 401. The van der Waals surface area contributed by atoms with Crippen LogP contribution in [0.1, 0.15) is 6.92 Å². The number of para-hydroxylation sites is 1. The zero-order chi connectivity index (χ0) is 11.3. The fourth-order valence-electron chi connectivity index (χ4n) is 0.941. The molecule has 1 amide bonds. The number of nitriles is 1. The lowest BCUT2D eigenvalue weighted by molar-refractivity contribution is -0.126. The molecule has 0 saturated heterocycles. The van der Waals surface area contributed by atoms with Crippen molar-refractivity contribution in [2.75, 3.05) is 0 Å². The zero-order valence-corrected chi connectivity index (χ0v) is 8.78. The number of ether oxygens (including phenoxy) is 1. The van der Waals surface area contributed by atoms with Crippen LogP contribution in [0.25, 0.3) is 0 Å². The lowest BCUT2D eigenvalue weighted by Crippen LogP contribution is -2.33. The molecule has 0 aliphatic rings. The van der Waals surface area contributed by atoms with Gasteiger partial charge in [0.15, 0.2) is 12.3 Å². The number of benzene rings is 1.